The molecule has 0 saturated carbocycles. The van der Waals surface area contributed by atoms with Gasteiger partial charge in [0.25, 0.3) is 0 Å². The number of nitrogens with zero attached hydrogens (tertiary/aromatic N) is 2. The second-order valence-electron chi connectivity index (χ2n) is 4.03. The molecular formula is C11H19N3O3S. The van der Waals surface area contributed by atoms with E-state index in [4.69, 9.17) is 10.4 Å². The summed E-state index contributed by atoms with van der Waals surface area (Å²) in [6.45, 7) is 1.98. The van der Waals surface area contributed by atoms with Crippen molar-refractivity contribution >= 4 is 23.8 Å². The summed E-state index contributed by atoms with van der Waals surface area (Å²) in [5, 5.41) is 20.1. The smallest absolute Gasteiger partial charge is 0.326 e. The highest BCUT2D eigenvalue weighted by molar-refractivity contribution is 7.98. The van der Waals surface area contributed by atoms with Crippen LogP contribution >= 0.6 is 11.8 Å². The van der Waals surface area contributed by atoms with Crippen LogP contribution < -0.4 is 5.32 Å². The summed E-state index contributed by atoms with van der Waals surface area (Å²) in [5.41, 5.74) is 0. The largest absolute Gasteiger partial charge is 0.480 e. The highest BCUT2D eigenvalue weighted by Gasteiger charge is 2.21. The lowest BCUT2D eigenvalue weighted by atomic mass is 10.2. The van der Waals surface area contributed by atoms with Crippen molar-refractivity contribution in [2.75, 3.05) is 25.6 Å². The van der Waals surface area contributed by atoms with Crippen molar-refractivity contribution in [3.05, 3.63) is 0 Å². The molecule has 2 N–H and O–H groups in total. The molecule has 0 aliphatic carbocycles. The molecule has 0 aliphatic heterocycles. The molecule has 0 bridgehead atoms. The highest BCUT2D eigenvalue weighted by atomic mass is 32.2. The standard InChI is InChI=1S/C11H19N3O3S/c1-8(6-12)7-14(2)11(17)13-9(10(15)16)4-5-18-3/h8-9H,4-5,7H2,1-3H3,(H,13,17)(H,15,16)/t8?,9-/m1/s1. The molecule has 0 aliphatic rings. The second-order valence-corrected chi connectivity index (χ2v) is 5.02. The van der Waals surface area contributed by atoms with Crippen molar-refractivity contribution < 1.29 is 14.7 Å². The molecule has 6 nitrogen and oxygen atoms in total. The Kier molecular flexibility index (Phi) is 7.96. The number of rotatable bonds is 7. The van der Waals surface area contributed by atoms with Crippen LogP contribution in [0, 0.1) is 17.2 Å². The van der Waals surface area contributed by atoms with Gasteiger partial charge in [-0.25, -0.2) is 9.59 Å². The van der Waals surface area contributed by atoms with Gasteiger partial charge in [0, 0.05) is 13.6 Å². The van der Waals surface area contributed by atoms with E-state index in [2.05, 4.69) is 5.32 Å². The molecule has 1 unspecified atom stereocenters. The van der Waals surface area contributed by atoms with Gasteiger partial charge >= 0.3 is 12.0 Å². The molecule has 0 radical (unpaired) electrons. The minimum absolute atomic E-state index is 0.275. The normalized spacial score (nSPS) is 13.2. The fourth-order valence-electron chi connectivity index (χ4n) is 1.29. The lowest BCUT2D eigenvalue weighted by Crippen LogP contribution is -2.47. The van der Waals surface area contributed by atoms with Gasteiger partial charge in [-0.15, -0.1) is 0 Å². The molecule has 0 heterocycles. The van der Waals surface area contributed by atoms with Crippen LogP contribution in [0.5, 0.6) is 0 Å². The molecule has 2 atom stereocenters. The van der Waals surface area contributed by atoms with Gasteiger partial charge < -0.3 is 15.3 Å². The number of hydrogen-bond acceptors (Lipinski definition) is 4. The predicted octanol–water partition coefficient (Wildman–Crippen LogP) is 0.994. The number of aliphatic carboxylic acids is 1. The molecule has 102 valence electrons. The van der Waals surface area contributed by atoms with Crippen molar-refractivity contribution in [2.24, 2.45) is 5.92 Å². The summed E-state index contributed by atoms with van der Waals surface area (Å²) in [6, 6.07) is 0.668. The van der Waals surface area contributed by atoms with E-state index in [1.165, 1.54) is 23.7 Å². The van der Waals surface area contributed by atoms with Gasteiger partial charge in [0.1, 0.15) is 6.04 Å². The second kappa shape index (κ2) is 8.64. The summed E-state index contributed by atoms with van der Waals surface area (Å²) in [6.07, 6.45) is 2.26. The van der Waals surface area contributed by atoms with E-state index < -0.39 is 18.0 Å². The van der Waals surface area contributed by atoms with Crippen molar-refractivity contribution in [1.29, 1.82) is 5.26 Å². The Morgan fingerprint density at radius 1 is 1.56 bits per heavy atom. The third-order valence-electron chi connectivity index (χ3n) is 2.32. The molecular weight excluding hydrogens is 254 g/mol. The van der Waals surface area contributed by atoms with Crippen molar-refractivity contribution in [1.82, 2.24) is 10.2 Å². The zero-order valence-electron chi connectivity index (χ0n) is 10.8. The predicted molar refractivity (Wildman–Crippen MR) is 70.4 cm³/mol. The number of hydrogen-bond donors (Lipinski definition) is 2. The number of nitrogens with one attached hydrogen (secondary N) is 1. The topological polar surface area (TPSA) is 93.4 Å². The summed E-state index contributed by atoms with van der Waals surface area (Å²) < 4.78 is 0. The number of carbonyl (C=O) groups excluding carboxylic acids is 1. The molecule has 0 saturated heterocycles. The highest BCUT2D eigenvalue weighted by Crippen LogP contribution is 2.03. The minimum Gasteiger partial charge on any atom is -0.480 e. The van der Waals surface area contributed by atoms with E-state index in [1.807, 2.05) is 12.3 Å². The molecule has 0 rings (SSSR count). The monoisotopic (exact) mass is 273 g/mol. The first-order chi connectivity index (χ1) is 8.42. The van der Waals surface area contributed by atoms with Crippen molar-refractivity contribution in [3.63, 3.8) is 0 Å². The molecule has 0 aromatic carbocycles. The number of nitriles is 1. The summed E-state index contributed by atoms with van der Waals surface area (Å²) in [7, 11) is 1.54. The number of carboxylic acids is 1. The van der Waals surface area contributed by atoms with E-state index in [0.717, 1.165) is 0 Å². The summed E-state index contributed by atoms with van der Waals surface area (Å²) in [5.74, 6) is -0.662. The maximum atomic E-state index is 11.7. The molecule has 0 aromatic rings. The Morgan fingerprint density at radius 2 is 2.17 bits per heavy atom. The molecule has 7 heteroatoms. The van der Waals surface area contributed by atoms with Crippen LogP contribution in [0.25, 0.3) is 0 Å². The van der Waals surface area contributed by atoms with Gasteiger partial charge in [-0.1, -0.05) is 0 Å². The number of amides is 2. The number of carboxylic acid groups (broad SMARTS) is 1. The maximum Gasteiger partial charge on any atom is 0.326 e. The molecule has 2 amide bonds. The van der Waals surface area contributed by atoms with Crippen LogP contribution in [0.1, 0.15) is 13.3 Å². The Balaban J connectivity index is 4.32. The van der Waals surface area contributed by atoms with Crippen LogP contribution in [0.2, 0.25) is 0 Å². The first-order valence-electron chi connectivity index (χ1n) is 5.55. The first kappa shape index (κ1) is 16.6. The molecule has 18 heavy (non-hydrogen) atoms. The maximum absolute atomic E-state index is 11.7. The number of carbonyl (C=O) groups is 2. The zero-order valence-corrected chi connectivity index (χ0v) is 11.7. The van der Waals surface area contributed by atoms with Gasteiger partial charge in [0.05, 0.1) is 12.0 Å². The van der Waals surface area contributed by atoms with Gasteiger partial charge in [-0.05, 0) is 25.4 Å². The summed E-state index contributed by atoms with van der Waals surface area (Å²) >= 11 is 1.53. The fourth-order valence-corrected chi connectivity index (χ4v) is 1.76. The lowest BCUT2D eigenvalue weighted by molar-refractivity contribution is -0.139. The SMILES string of the molecule is CSCC[C@@H](NC(=O)N(C)CC(C)C#N)C(=O)O. The van der Waals surface area contributed by atoms with E-state index in [0.29, 0.717) is 12.2 Å². The van der Waals surface area contributed by atoms with Gasteiger partial charge in [0.15, 0.2) is 0 Å². The molecule has 0 aromatic heterocycles. The number of thioether (sulfide) groups is 1. The minimum atomic E-state index is -1.04. The zero-order chi connectivity index (χ0) is 14.1. The number of urea groups is 1. The Morgan fingerprint density at radius 3 is 2.61 bits per heavy atom. The molecule has 0 spiro atoms. The van der Waals surface area contributed by atoms with E-state index in [9.17, 15) is 9.59 Å². The van der Waals surface area contributed by atoms with Crippen molar-refractivity contribution in [3.8, 4) is 6.07 Å². The Labute approximate surface area is 111 Å². The lowest BCUT2D eigenvalue weighted by Gasteiger charge is -2.22. The van der Waals surface area contributed by atoms with Gasteiger partial charge in [-0.3, -0.25) is 0 Å². The summed E-state index contributed by atoms with van der Waals surface area (Å²) in [4.78, 5) is 24.0. The average Bonchev–Trinajstić information content (AvgIpc) is 2.33. The third-order valence-corrected chi connectivity index (χ3v) is 2.97. The van der Waals surface area contributed by atoms with E-state index >= 15 is 0 Å². The molecule has 0 fully saturated rings. The van der Waals surface area contributed by atoms with E-state index in [1.54, 1.807) is 6.92 Å². The van der Waals surface area contributed by atoms with E-state index in [-0.39, 0.29) is 12.5 Å². The first-order valence-corrected chi connectivity index (χ1v) is 6.94. The van der Waals surface area contributed by atoms with Crippen molar-refractivity contribution in [2.45, 2.75) is 19.4 Å². The van der Waals surface area contributed by atoms with Gasteiger partial charge in [-0.2, -0.15) is 17.0 Å². The fraction of sp³-hybridized carbons (Fsp3) is 0.727. The quantitative estimate of drug-likeness (QED) is 0.721. The van der Waals surface area contributed by atoms with Crippen LogP contribution in [0.4, 0.5) is 4.79 Å². The van der Waals surface area contributed by atoms with Crippen LogP contribution in [0.15, 0.2) is 0 Å². The van der Waals surface area contributed by atoms with Crippen LogP contribution in [-0.4, -0.2) is 53.6 Å². The Bertz CT molecular complexity index is 330. The third kappa shape index (κ3) is 6.35. The average molecular weight is 273 g/mol. The van der Waals surface area contributed by atoms with Crippen LogP contribution in [-0.2, 0) is 4.79 Å². The Hall–Kier alpha value is -1.42. The van der Waals surface area contributed by atoms with Gasteiger partial charge in [0.2, 0.25) is 0 Å². The van der Waals surface area contributed by atoms with Crippen LogP contribution in [0.3, 0.4) is 0 Å².